The third-order valence-corrected chi connectivity index (χ3v) is 4.66. The Kier molecular flexibility index (Phi) is 3.47. The van der Waals surface area contributed by atoms with Gasteiger partial charge in [-0.3, -0.25) is 5.41 Å². The van der Waals surface area contributed by atoms with Crippen LogP contribution in [0.1, 0.15) is 24.4 Å². The number of nitrogens with two attached hydrogens (primary N) is 1. The van der Waals surface area contributed by atoms with Crippen molar-refractivity contribution in [2.24, 2.45) is 5.73 Å². The number of nitrogens with zero attached hydrogens (tertiary/aromatic N) is 4. The molecule has 1 aromatic carbocycles. The van der Waals surface area contributed by atoms with Gasteiger partial charge in [0.15, 0.2) is 5.82 Å². The van der Waals surface area contributed by atoms with Gasteiger partial charge in [0.2, 0.25) is 5.16 Å². The molecule has 0 amide bonds. The van der Waals surface area contributed by atoms with Gasteiger partial charge in [0.25, 0.3) is 0 Å². The first-order valence-electron chi connectivity index (χ1n) is 5.86. The van der Waals surface area contributed by atoms with Gasteiger partial charge in [-0.1, -0.05) is 0 Å². The summed E-state index contributed by atoms with van der Waals surface area (Å²) in [5.41, 5.74) is 5.71. The second kappa shape index (κ2) is 5.13. The highest BCUT2D eigenvalue weighted by atomic mass is 79.9. The first kappa shape index (κ1) is 13.5. The van der Waals surface area contributed by atoms with E-state index in [1.54, 1.807) is 16.8 Å². The quantitative estimate of drug-likeness (QED) is 0.647. The number of amidine groups is 1. The molecule has 1 heterocycles. The van der Waals surface area contributed by atoms with Gasteiger partial charge in [0.05, 0.1) is 15.4 Å². The number of hydrogen-bond acceptors (Lipinski definition) is 5. The molecule has 104 valence electrons. The van der Waals surface area contributed by atoms with Crippen LogP contribution in [0.4, 0.5) is 4.39 Å². The number of tetrazole rings is 1. The molecular weight excluding hydrogens is 347 g/mol. The van der Waals surface area contributed by atoms with E-state index in [1.807, 2.05) is 0 Å². The number of aromatic nitrogens is 4. The van der Waals surface area contributed by atoms with Gasteiger partial charge in [0.1, 0.15) is 5.84 Å². The zero-order chi connectivity index (χ0) is 14.3. The van der Waals surface area contributed by atoms with Crippen LogP contribution in [0.3, 0.4) is 0 Å². The summed E-state index contributed by atoms with van der Waals surface area (Å²) in [6.45, 7) is 0. The molecule has 9 heteroatoms. The monoisotopic (exact) mass is 356 g/mol. The molecule has 0 aliphatic heterocycles. The van der Waals surface area contributed by atoms with Crippen LogP contribution in [0, 0.1) is 11.2 Å². The Bertz CT molecular complexity index is 684. The molecule has 1 aromatic heterocycles. The Balaban J connectivity index is 1.93. The zero-order valence-electron chi connectivity index (χ0n) is 10.2. The summed E-state index contributed by atoms with van der Waals surface area (Å²) in [7, 11) is 0. The fourth-order valence-corrected chi connectivity index (χ4v) is 3.29. The van der Waals surface area contributed by atoms with E-state index in [9.17, 15) is 4.39 Å². The molecule has 6 nitrogen and oxygen atoms in total. The maximum absolute atomic E-state index is 14.3. The molecule has 0 bridgehead atoms. The van der Waals surface area contributed by atoms with Gasteiger partial charge in [-0.05, 0) is 63.1 Å². The standard InChI is InChI=1S/C11H10BrFN6S/c12-8-6(10(14)15)3-4-7(9(8)13)20-11-16-17-18-19(11)5-1-2-5/h3-5H,1-2H2,(H3,14,15). The fraction of sp³-hybridized carbons (Fsp3) is 0.273. The molecule has 0 atom stereocenters. The van der Waals surface area contributed by atoms with Crippen molar-refractivity contribution in [3.05, 3.63) is 28.0 Å². The second-order valence-electron chi connectivity index (χ2n) is 4.39. The average Bonchev–Trinajstić information content (AvgIpc) is 3.15. The van der Waals surface area contributed by atoms with Crippen molar-refractivity contribution >= 4 is 33.5 Å². The van der Waals surface area contributed by atoms with E-state index in [0.717, 1.165) is 24.6 Å². The van der Waals surface area contributed by atoms with Crippen molar-refractivity contribution in [1.29, 1.82) is 5.41 Å². The van der Waals surface area contributed by atoms with Gasteiger partial charge in [-0.15, -0.1) is 5.10 Å². The average molecular weight is 357 g/mol. The largest absolute Gasteiger partial charge is 0.384 e. The van der Waals surface area contributed by atoms with Crippen LogP contribution in [-0.2, 0) is 0 Å². The molecule has 0 saturated heterocycles. The van der Waals surface area contributed by atoms with Crippen LogP contribution in [0.5, 0.6) is 0 Å². The minimum absolute atomic E-state index is 0.181. The van der Waals surface area contributed by atoms with Crippen LogP contribution < -0.4 is 5.73 Å². The van der Waals surface area contributed by atoms with E-state index in [0.29, 0.717) is 21.7 Å². The van der Waals surface area contributed by atoms with Crippen molar-refractivity contribution in [3.63, 3.8) is 0 Å². The van der Waals surface area contributed by atoms with E-state index < -0.39 is 5.82 Å². The van der Waals surface area contributed by atoms with Crippen molar-refractivity contribution in [1.82, 2.24) is 20.2 Å². The zero-order valence-corrected chi connectivity index (χ0v) is 12.6. The lowest BCUT2D eigenvalue weighted by Gasteiger charge is -2.08. The predicted molar refractivity (Wildman–Crippen MR) is 75.3 cm³/mol. The highest BCUT2D eigenvalue weighted by Crippen LogP contribution is 2.39. The fourth-order valence-electron chi connectivity index (χ4n) is 1.72. The normalized spacial score (nSPS) is 14.5. The van der Waals surface area contributed by atoms with Gasteiger partial charge >= 0.3 is 0 Å². The first-order valence-corrected chi connectivity index (χ1v) is 7.47. The number of halogens is 2. The lowest BCUT2D eigenvalue weighted by atomic mass is 10.2. The SMILES string of the molecule is N=C(N)c1ccc(Sc2nnnn2C2CC2)c(F)c1Br. The van der Waals surface area contributed by atoms with Crippen LogP contribution in [0.25, 0.3) is 0 Å². The molecule has 0 radical (unpaired) electrons. The lowest BCUT2D eigenvalue weighted by molar-refractivity contribution is 0.563. The van der Waals surface area contributed by atoms with E-state index in [2.05, 4.69) is 31.5 Å². The first-order chi connectivity index (χ1) is 9.58. The Morgan fingerprint density at radius 3 is 2.90 bits per heavy atom. The third kappa shape index (κ3) is 2.42. The summed E-state index contributed by atoms with van der Waals surface area (Å²) in [4.78, 5) is 0.388. The lowest BCUT2D eigenvalue weighted by Crippen LogP contribution is -2.12. The van der Waals surface area contributed by atoms with Crippen LogP contribution in [-0.4, -0.2) is 26.0 Å². The molecule has 3 N–H and O–H groups in total. The predicted octanol–water partition coefficient (Wildman–Crippen LogP) is 2.34. The highest BCUT2D eigenvalue weighted by molar-refractivity contribution is 9.10. The summed E-state index contributed by atoms with van der Waals surface area (Å²) in [5, 5.41) is 19.4. The van der Waals surface area contributed by atoms with Crippen LogP contribution >= 0.6 is 27.7 Å². The van der Waals surface area contributed by atoms with Crippen LogP contribution in [0.2, 0.25) is 0 Å². The Morgan fingerprint density at radius 1 is 1.50 bits per heavy atom. The van der Waals surface area contributed by atoms with Gasteiger partial charge in [-0.25, -0.2) is 9.07 Å². The smallest absolute Gasteiger partial charge is 0.214 e. The topological polar surface area (TPSA) is 93.5 Å². The maximum atomic E-state index is 14.3. The number of benzene rings is 1. The molecule has 2 aromatic rings. The molecule has 1 aliphatic carbocycles. The van der Waals surface area contributed by atoms with Crippen molar-refractivity contribution in [2.75, 3.05) is 0 Å². The van der Waals surface area contributed by atoms with Gasteiger partial charge in [-0.2, -0.15) is 0 Å². The van der Waals surface area contributed by atoms with Crippen molar-refractivity contribution in [2.45, 2.75) is 28.9 Å². The van der Waals surface area contributed by atoms with E-state index in [1.165, 1.54) is 0 Å². The maximum Gasteiger partial charge on any atom is 0.214 e. The number of nitrogen functional groups attached to an aromatic ring is 1. The molecule has 20 heavy (non-hydrogen) atoms. The summed E-state index contributed by atoms with van der Waals surface area (Å²) >= 11 is 4.29. The summed E-state index contributed by atoms with van der Waals surface area (Å²) in [5.74, 6) is -0.650. The summed E-state index contributed by atoms with van der Waals surface area (Å²) < 4.78 is 16.2. The van der Waals surface area contributed by atoms with E-state index >= 15 is 0 Å². The molecule has 1 aliphatic rings. The van der Waals surface area contributed by atoms with Crippen molar-refractivity contribution < 1.29 is 4.39 Å². The number of hydrogen-bond donors (Lipinski definition) is 2. The highest BCUT2D eigenvalue weighted by Gasteiger charge is 2.28. The molecule has 0 unspecified atom stereocenters. The molecular formula is C11H10BrFN6S. The van der Waals surface area contributed by atoms with Gasteiger partial charge in [0, 0.05) is 5.56 Å². The number of rotatable bonds is 4. The molecule has 0 spiro atoms. The minimum atomic E-state index is -0.465. The van der Waals surface area contributed by atoms with E-state index in [4.69, 9.17) is 11.1 Å². The van der Waals surface area contributed by atoms with E-state index in [-0.39, 0.29) is 10.3 Å². The molecule has 1 fully saturated rings. The third-order valence-electron chi connectivity index (χ3n) is 2.89. The molecule has 3 rings (SSSR count). The Hall–Kier alpha value is -1.48. The second-order valence-corrected chi connectivity index (χ2v) is 6.19. The summed E-state index contributed by atoms with van der Waals surface area (Å²) in [6, 6.07) is 3.51. The Morgan fingerprint density at radius 2 is 2.25 bits per heavy atom. The van der Waals surface area contributed by atoms with Crippen LogP contribution in [0.15, 0.2) is 26.7 Å². The Labute approximate surface area is 126 Å². The van der Waals surface area contributed by atoms with Crippen molar-refractivity contribution in [3.8, 4) is 0 Å². The number of nitrogens with one attached hydrogen (secondary N) is 1. The minimum Gasteiger partial charge on any atom is -0.384 e. The van der Waals surface area contributed by atoms with Gasteiger partial charge < -0.3 is 5.73 Å². The molecule has 1 saturated carbocycles. The summed E-state index contributed by atoms with van der Waals surface area (Å²) in [6.07, 6.45) is 2.10.